The van der Waals surface area contributed by atoms with Crippen molar-refractivity contribution in [3.63, 3.8) is 0 Å². The lowest BCUT2D eigenvalue weighted by molar-refractivity contribution is -0.139. The van der Waals surface area contributed by atoms with Crippen LogP contribution in [-0.2, 0) is 9.53 Å². The van der Waals surface area contributed by atoms with Crippen LogP contribution in [0.5, 0.6) is 0 Å². The van der Waals surface area contributed by atoms with Crippen molar-refractivity contribution in [2.45, 2.75) is 19.9 Å². The van der Waals surface area contributed by atoms with Gasteiger partial charge in [-0.1, -0.05) is 65.4 Å². The van der Waals surface area contributed by atoms with Gasteiger partial charge in [0.2, 0.25) is 0 Å². The zero-order chi connectivity index (χ0) is 24.5. The monoisotopic (exact) mass is 504 g/mol. The highest BCUT2D eigenvalue weighted by Crippen LogP contribution is 2.31. The van der Waals surface area contributed by atoms with Crippen molar-refractivity contribution in [1.29, 1.82) is 0 Å². The number of aromatic nitrogens is 3. The largest absolute Gasteiger partial charge is 0.463 e. The molecule has 1 aliphatic rings. The Hall–Kier alpha value is -3.75. The molecule has 0 bridgehead atoms. The van der Waals surface area contributed by atoms with E-state index in [9.17, 15) is 9.59 Å². The first-order chi connectivity index (χ1) is 17.0. The van der Waals surface area contributed by atoms with E-state index in [0.717, 1.165) is 22.4 Å². The van der Waals surface area contributed by atoms with Crippen LogP contribution in [-0.4, -0.2) is 27.3 Å². The number of aromatic amines is 1. The van der Waals surface area contributed by atoms with Gasteiger partial charge in [-0.2, -0.15) is 5.10 Å². The fourth-order valence-electron chi connectivity index (χ4n) is 4.13. The summed E-state index contributed by atoms with van der Waals surface area (Å²) < 4.78 is 7.37. The van der Waals surface area contributed by atoms with Gasteiger partial charge in [0.05, 0.1) is 40.3 Å². The molecule has 176 valence electrons. The molecule has 0 radical (unpaired) electrons. The van der Waals surface area contributed by atoms with E-state index in [4.69, 9.17) is 16.3 Å². The Kier molecular flexibility index (Phi) is 6.23. The second-order valence-corrected chi connectivity index (χ2v) is 9.37. The summed E-state index contributed by atoms with van der Waals surface area (Å²) in [6.07, 6.45) is 3.49. The fourth-order valence-corrected chi connectivity index (χ4v) is 5.30. The number of nitrogens with zero attached hydrogens (tertiary/aromatic N) is 3. The third-order valence-electron chi connectivity index (χ3n) is 5.72. The molecule has 5 rings (SSSR count). The number of carbonyl (C=O) groups is 1. The summed E-state index contributed by atoms with van der Waals surface area (Å²) in [5, 5.41) is 7.76. The highest BCUT2D eigenvalue weighted by molar-refractivity contribution is 7.07. The number of rotatable bonds is 5. The predicted molar refractivity (Wildman–Crippen MR) is 136 cm³/mol. The normalized spacial score (nSPS) is 15.6. The van der Waals surface area contributed by atoms with Gasteiger partial charge < -0.3 is 4.74 Å². The Balaban J connectivity index is 1.70. The SMILES string of the molecule is CCOC(=O)C1=C(C)N=c2s/c(=C/c3cn[nH]c3-c3ccccc3)c(=O)n2C1c1ccc(Cl)cc1. The molecule has 0 saturated heterocycles. The Bertz CT molecular complexity index is 1620. The molecule has 4 aromatic rings. The first-order valence-corrected chi connectivity index (χ1v) is 12.2. The van der Waals surface area contributed by atoms with Gasteiger partial charge in [-0.15, -0.1) is 0 Å². The smallest absolute Gasteiger partial charge is 0.338 e. The van der Waals surface area contributed by atoms with Crippen LogP contribution >= 0.6 is 22.9 Å². The molecule has 9 heteroatoms. The predicted octanol–water partition coefficient (Wildman–Crippen LogP) is 3.84. The molecule has 0 aliphatic carbocycles. The van der Waals surface area contributed by atoms with E-state index in [0.29, 0.717) is 25.6 Å². The van der Waals surface area contributed by atoms with E-state index >= 15 is 0 Å². The quantitative estimate of drug-likeness (QED) is 0.418. The van der Waals surface area contributed by atoms with Crippen LogP contribution in [0.1, 0.15) is 31.0 Å². The van der Waals surface area contributed by atoms with Crippen LogP contribution in [0.3, 0.4) is 0 Å². The second kappa shape index (κ2) is 9.48. The standard InChI is InChI=1S/C26H21ClN4O3S/c1-3-34-25(33)21-15(2)29-26-31(23(21)17-9-11-19(27)12-10-17)24(32)20(35-26)13-18-14-28-30-22(18)16-7-5-4-6-8-16/h4-14,23H,3H2,1-2H3,(H,28,30)/b20-13+. The molecule has 1 atom stereocenters. The van der Waals surface area contributed by atoms with Crippen LogP contribution in [0.25, 0.3) is 17.3 Å². The summed E-state index contributed by atoms with van der Waals surface area (Å²) in [5.74, 6) is -0.496. The number of hydrogen-bond donors (Lipinski definition) is 1. The fraction of sp³-hybridized carbons (Fsp3) is 0.154. The van der Waals surface area contributed by atoms with Gasteiger partial charge in [0.15, 0.2) is 4.80 Å². The zero-order valence-corrected chi connectivity index (χ0v) is 20.6. The number of ether oxygens (including phenoxy) is 1. The molecule has 2 aromatic heterocycles. The maximum Gasteiger partial charge on any atom is 0.338 e. The summed E-state index contributed by atoms with van der Waals surface area (Å²) in [6, 6.07) is 16.2. The maximum atomic E-state index is 13.7. The van der Waals surface area contributed by atoms with Gasteiger partial charge in [0.25, 0.3) is 5.56 Å². The van der Waals surface area contributed by atoms with Gasteiger partial charge in [0, 0.05) is 16.1 Å². The molecule has 1 N–H and O–H groups in total. The van der Waals surface area contributed by atoms with Crippen molar-refractivity contribution >= 4 is 35.0 Å². The van der Waals surface area contributed by atoms with E-state index in [1.807, 2.05) is 42.5 Å². The number of H-pyrrole nitrogens is 1. The van der Waals surface area contributed by atoms with Gasteiger partial charge in [0.1, 0.15) is 0 Å². The van der Waals surface area contributed by atoms with Crippen molar-refractivity contribution in [3.05, 3.63) is 108 Å². The molecule has 1 aliphatic heterocycles. The molecule has 35 heavy (non-hydrogen) atoms. The van der Waals surface area contributed by atoms with Crippen LogP contribution in [0.4, 0.5) is 0 Å². The number of carbonyl (C=O) groups excluding carboxylic acids is 1. The third kappa shape index (κ3) is 4.26. The minimum Gasteiger partial charge on any atom is -0.463 e. The van der Waals surface area contributed by atoms with Crippen molar-refractivity contribution < 1.29 is 9.53 Å². The molecule has 0 saturated carbocycles. The van der Waals surface area contributed by atoms with Gasteiger partial charge in [-0.3, -0.25) is 14.5 Å². The average Bonchev–Trinajstić information content (AvgIpc) is 3.44. The Morgan fingerprint density at radius 3 is 2.66 bits per heavy atom. The maximum absolute atomic E-state index is 13.7. The van der Waals surface area contributed by atoms with E-state index in [1.165, 1.54) is 11.3 Å². The minimum absolute atomic E-state index is 0.218. The number of fused-ring (bicyclic) bond motifs is 1. The van der Waals surface area contributed by atoms with Crippen molar-refractivity contribution in [2.75, 3.05) is 6.61 Å². The lowest BCUT2D eigenvalue weighted by Gasteiger charge is -2.24. The van der Waals surface area contributed by atoms with E-state index in [1.54, 1.807) is 42.8 Å². The number of benzene rings is 2. The Labute approximate surface area is 209 Å². The zero-order valence-electron chi connectivity index (χ0n) is 19.0. The second-order valence-electron chi connectivity index (χ2n) is 7.92. The number of esters is 1. The Morgan fingerprint density at radius 1 is 1.20 bits per heavy atom. The summed E-state index contributed by atoms with van der Waals surface area (Å²) in [5.41, 5.74) is 3.91. The van der Waals surface area contributed by atoms with Crippen LogP contribution < -0.4 is 14.9 Å². The summed E-state index contributed by atoms with van der Waals surface area (Å²) >= 11 is 7.38. The van der Waals surface area contributed by atoms with Crippen LogP contribution in [0.2, 0.25) is 5.02 Å². The Morgan fingerprint density at radius 2 is 1.94 bits per heavy atom. The molecular formula is C26H21ClN4O3S. The molecule has 1 unspecified atom stereocenters. The molecule has 7 nitrogen and oxygen atoms in total. The molecule has 0 amide bonds. The molecule has 2 aromatic carbocycles. The van der Waals surface area contributed by atoms with Crippen LogP contribution in [0, 0.1) is 0 Å². The highest BCUT2D eigenvalue weighted by atomic mass is 35.5. The van der Waals surface area contributed by atoms with Crippen molar-refractivity contribution in [1.82, 2.24) is 14.8 Å². The topological polar surface area (TPSA) is 89.3 Å². The molecular weight excluding hydrogens is 484 g/mol. The first kappa shape index (κ1) is 23.0. The lowest BCUT2D eigenvalue weighted by atomic mass is 9.96. The number of thiazole rings is 1. The minimum atomic E-state index is -0.678. The van der Waals surface area contributed by atoms with E-state index < -0.39 is 12.0 Å². The van der Waals surface area contributed by atoms with E-state index in [-0.39, 0.29) is 12.2 Å². The summed E-state index contributed by atoms with van der Waals surface area (Å²) in [6.45, 7) is 3.72. The number of halogens is 1. The number of hydrogen-bond acceptors (Lipinski definition) is 6. The van der Waals surface area contributed by atoms with Gasteiger partial charge in [-0.25, -0.2) is 9.79 Å². The summed E-state index contributed by atoms with van der Waals surface area (Å²) in [7, 11) is 0. The molecule has 0 fully saturated rings. The average molecular weight is 505 g/mol. The number of allylic oxidation sites excluding steroid dienone is 1. The van der Waals surface area contributed by atoms with E-state index in [2.05, 4.69) is 15.2 Å². The highest BCUT2D eigenvalue weighted by Gasteiger charge is 2.33. The molecule has 3 heterocycles. The third-order valence-corrected chi connectivity index (χ3v) is 6.96. The van der Waals surface area contributed by atoms with Crippen LogP contribution in [0.15, 0.2) is 81.9 Å². The number of nitrogens with one attached hydrogen (secondary N) is 1. The summed E-state index contributed by atoms with van der Waals surface area (Å²) in [4.78, 5) is 31.8. The first-order valence-electron chi connectivity index (χ1n) is 11.0. The van der Waals surface area contributed by atoms with Gasteiger partial charge in [-0.05, 0) is 37.6 Å². The molecule has 0 spiro atoms. The van der Waals surface area contributed by atoms with Crippen molar-refractivity contribution in [2.24, 2.45) is 4.99 Å². The van der Waals surface area contributed by atoms with Crippen molar-refractivity contribution in [3.8, 4) is 11.3 Å². The van der Waals surface area contributed by atoms with Gasteiger partial charge >= 0.3 is 5.97 Å². The lowest BCUT2D eigenvalue weighted by Crippen LogP contribution is -2.39.